The number of nitrogens with one attached hydrogen (secondary N) is 3. The average Bonchev–Trinajstić information content (AvgIpc) is 3.32. The number of rotatable bonds is 5. The summed E-state index contributed by atoms with van der Waals surface area (Å²) in [7, 11) is 0. The number of nitrogens with zero attached hydrogens (tertiary/aromatic N) is 1. The van der Waals surface area contributed by atoms with E-state index in [1.54, 1.807) is 0 Å². The number of aromatic nitrogens is 2. The molecule has 31 heavy (non-hydrogen) atoms. The summed E-state index contributed by atoms with van der Waals surface area (Å²) in [5.74, 6) is 0.823. The first-order chi connectivity index (χ1) is 15.1. The van der Waals surface area contributed by atoms with E-state index in [2.05, 4.69) is 46.0 Å². The van der Waals surface area contributed by atoms with Gasteiger partial charge in [0.2, 0.25) is 5.91 Å². The van der Waals surface area contributed by atoms with Crippen LogP contribution in [0.3, 0.4) is 0 Å². The minimum Gasteiger partial charge on any atom is -0.326 e. The predicted molar refractivity (Wildman–Crippen MR) is 125 cm³/mol. The molecule has 5 nitrogen and oxygen atoms in total. The van der Waals surface area contributed by atoms with Crippen molar-refractivity contribution in [3.05, 3.63) is 59.2 Å². The van der Waals surface area contributed by atoms with Gasteiger partial charge < -0.3 is 10.6 Å². The number of hydrogen-bond donors (Lipinski definition) is 3. The maximum atomic E-state index is 11.2. The molecular weight excluding hydrogens is 384 g/mol. The van der Waals surface area contributed by atoms with Gasteiger partial charge in [-0.1, -0.05) is 37.3 Å². The number of anilines is 1. The second-order valence-corrected chi connectivity index (χ2v) is 9.19. The molecule has 1 fully saturated rings. The minimum atomic E-state index is -0.0628. The third-order valence-corrected chi connectivity index (χ3v) is 6.76. The summed E-state index contributed by atoms with van der Waals surface area (Å²) in [5.41, 5.74) is 9.25. The molecule has 0 saturated heterocycles. The zero-order chi connectivity index (χ0) is 21.4. The van der Waals surface area contributed by atoms with Gasteiger partial charge in [0.25, 0.3) is 0 Å². The zero-order valence-corrected chi connectivity index (χ0v) is 18.3. The van der Waals surface area contributed by atoms with Crippen LogP contribution in [-0.4, -0.2) is 22.1 Å². The lowest BCUT2D eigenvalue weighted by molar-refractivity contribution is -0.114. The van der Waals surface area contributed by atoms with E-state index in [4.69, 9.17) is 0 Å². The van der Waals surface area contributed by atoms with E-state index in [1.165, 1.54) is 54.9 Å². The molecular formula is C26H30N4O. The lowest BCUT2D eigenvalue weighted by atomic mass is 9.87. The summed E-state index contributed by atoms with van der Waals surface area (Å²) in [6, 6.07) is 15.4. The van der Waals surface area contributed by atoms with Gasteiger partial charge in [0.1, 0.15) is 0 Å². The Labute approximate surface area is 183 Å². The van der Waals surface area contributed by atoms with Crippen LogP contribution >= 0.6 is 0 Å². The molecule has 0 unspecified atom stereocenters. The van der Waals surface area contributed by atoms with Crippen molar-refractivity contribution in [2.45, 2.75) is 58.5 Å². The Morgan fingerprint density at radius 2 is 1.87 bits per heavy atom. The quantitative estimate of drug-likeness (QED) is 0.416. The summed E-state index contributed by atoms with van der Waals surface area (Å²) >= 11 is 0. The molecule has 1 saturated carbocycles. The highest BCUT2D eigenvalue weighted by molar-refractivity contribution is 5.89. The fourth-order valence-electron chi connectivity index (χ4n) is 4.98. The van der Waals surface area contributed by atoms with Crippen LogP contribution in [0.15, 0.2) is 42.5 Å². The molecule has 2 aliphatic carbocycles. The third kappa shape index (κ3) is 4.15. The van der Waals surface area contributed by atoms with Crippen LogP contribution < -0.4 is 10.6 Å². The molecule has 0 aliphatic heterocycles. The zero-order valence-electron chi connectivity index (χ0n) is 18.3. The smallest absolute Gasteiger partial charge is 0.221 e. The Hall–Kier alpha value is -2.92. The monoisotopic (exact) mass is 414 g/mol. The molecule has 3 aromatic rings. The van der Waals surface area contributed by atoms with Gasteiger partial charge in [0.05, 0.1) is 11.4 Å². The Bertz CT molecular complexity index is 1090. The van der Waals surface area contributed by atoms with Crippen LogP contribution in [0.5, 0.6) is 0 Å². The largest absolute Gasteiger partial charge is 0.326 e. The van der Waals surface area contributed by atoms with E-state index in [1.807, 2.05) is 24.3 Å². The molecule has 5 heteroatoms. The maximum Gasteiger partial charge on any atom is 0.221 e. The van der Waals surface area contributed by atoms with Gasteiger partial charge in [-0.2, -0.15) is 5.10 Å². The van der Waals surface area contributed by atoms with Crippen molar-refractivity contribution >= 4 is 11.6 Å². The first-order valence-electron chi connectivity index (χ1n) is 11.4. The van der Waals surface area contributed by atoms with E-state index < -0.39 is 0 Å². The number of fused-ring (bicyclic) bond motifs is 3. The van der Waals surface area contributed by atoms with Crippen molar-refractivity contribution in [3.63, 3.8) is 0 Å². The molecule has 1 aromatic heterocycles. The van der Waals surface area contributed by atoms with Crippen LogP contribution in [0.25, 0.3) is 22.5 Å². The first kappa shape index (κ1) is 20.0. The molecule has 2 aromatic carbocycles. The average molecular weight is 415 g/mol. The molecule has 160 valence electrons. The fraction of sp³-hybridized carbons (Fsp3) is 0.385. The molecule has 5 rings (SSSR count). The lowest BCUT2D eigenvalue weighted by Crippen LogP contribution is -2.32. The molecule has 0 atom stereocenters. The van der Waals surface area contributed by atoms with Crippen molar-refractivity contribution in [1.29, 1.82) is 0 Å². The van der Waals surface area contributed by atoms with Crippen LogP contribution in [0.4, 0.5) is 5.69 Å². The Morgan fingerprint density at radius 1 is 1.10 bits per heavy atom. The molecule has 1 amide bonds. The normalized spacial score (nSPS) is 19.7. The highest BCUT2D eigenvalue weighted by atomic mass is 16.1. The topological polar surface area (TPSA) is 69.8 Å². The summed E-state index contributed by atoms with van der Waals surface area (Å²) in [6.07, 6.45) is 6.19. The highest BCUT2D eigenvalue weighted by Gasteiger charge is 2.25. The van der Waals surface area contributed by atoms with Crippen LogP contribution in [0, 0.1) is 5.92 Å². The number of benzene rings is 2. The van der Waals surface area contributed by atoms with Crippen molar-refractivity contribution in [1.82, 2.24) is 15.5 Å². The van der Waals surface area contributed by atoms with Crippen LogP contribution in [0.2, 0.25) is 0 Å². The molecule has 3 N–H and O–H groups in total. The third-order valence-electron chi connectivity index (χ3n) is 6.76. The minimum absolute atomic E-state index is 0.0628. The van der Waals surface area contributed by atoms with Gasteiger partial charge >= 0.3 is 0 Å². The van der Waals surface area contributed by atoms with Crippen molar-refractivity contribution in [3.8, 4) is 22.5 Å². The summed E-state index contributed by atoms with van der Waals surface area (Å²) in [4.78, 5) is 11.2. The highest BCUT2D eigenvalue weighted by Crippen LogP contribution is 2.40. The summed E-state index contributed by atoms with van der Waals surface area (Å²) in [5, 5.41) is 14.4. The second kappa shape index (κ2) is 8.31. The Balaban J connectivity index is 1.30. The number of carbonyl (C=O) groups is 1. The molecule has 0 radical (unpaired) electrons. The number of amides is 1. The van der Waals surface area contributed by atoms with E-state index >= 15 is 0 Å². The van der Waals surface area contributed by atoms with Gasteiger partial charge in [0, 0.05) is 48.3 Å². The van der Waals surface area contributed by atoms with Gasteiger partial charge in [-0.25, -0.2) is 0 Å². The Kier molecular flexibility index (Phi) is 5.36. The fourth-order valence-corrected chi connectivity index (χ4v) is 4.98. The standard InChI is InChI=1S/C26H30N4O/c1-16-3-8-21(9-4-16)27-15-18-5-12-23-20(13-18)14-24-25(29-30-26(23)24)19-6-10-22(11-7-19)28-17(2)31/h5-7,10-13,16,21,27H,3-4,8-9,14-15H2,1-2H3,(H,28,31)(H,29,30). The van der Waals surface area contributed by atoms with Crippen LogP contribution in [0.1, 0.15) is 56.2 Å². The summed E-state index contributed by atoms with van der Waals surface area (Å²) < 4.78 is 0. The van der Waals surface area contributed by atoms with Crippen molar-refractivity contribution in [2.75, 3.05) is 5.32 Å². The van der Waals surface area contributed by atoms with E-state index in [0.717, 1.165) is 41.5 Å². The molecule has 2 aliphatic rings. The Morgan fingerprint density at radius 3 is 2.61 bits per heavy atom. The number of carbonyl (C=O) groups excluding carboxylic acids is 1. The maximum absolute atomic E-state index is 11.2. The van der Waals surface area contributed by atoms with Gasteiger partial charge in [0.15, 0.2) is 0 Å². The SMILES string of the molecule is CC(=O)Nc1ccc(-c2n[nH]c3c2Cc2cc(CNC4CCC(C)CC4)ccc2-3)cc1. The molecule has 1 heterocycles. The second-order valence-electron chi connectivity index (χ2n) is 9.19. The van der Waals surface area contributed by atoms with E-state index in [9.17, 15) is 4.79 Å². The van der Waals surface area contributed by atoms with Crippen LogP contribution in [-0.2, 0) is 17.8 Å². The number of hydrogen-bond acceptors (Lipinski definition) is 3. The first-order valence-corrected chi connectivity index (χ1v) is 11.4. The molecule has 0 spiro atoms. The van der Waals surface area contributed by atoms with Gasteiger partial charge in [-0.3, -0.25) is 9.89 Å². The summed E-state index contributed by atoms with van der Waals surface area (Å²) in [6.45, 7) is 4.83. The number of aromatic amines is 1. The van der Waals surface area contributed by atoms with Gasteiger partial charge in [-0.15, -0.1) is 0 Å². The van der Waals surface area contributed by atoms with E-state index in [-0.39, 0.29) is 5.91 Å². The van der Waals surface area contributed by atoms with Crippen molar-refractivity contribution < 1.29 is 4.79 Å². The predicted octanol–water partition coefficient (Wildman–Crippen LogP) is 5.27. The van der Waals surface area contributed by atoms with E-state index in [0.29, 0.717) is 6.04 Å². The van der Waals surface area contributed by atoms with Crippen molar-refractivity contribution in [2.24, 2.45) is 5.92 Å². The lowest BCUT2D eigenvalue weighted by Gasteiger charge is -2.27. The van der Waals surface area contributed by atoms with Gasteiger partial charge in [-0.05, 0) is 54.9 Å². The molecule has 0 bridgehead atoms. The number of H-pyrrole nitrogens is 1.